The number of fused-ring (bicyclic) bond motifs is 1. The first-order valence-electron chi connectivity index (χ1n) is 35.5. The Bertz CT molecular complexity index is 2360. The van der Waals surface area contributed by atoms with Crippen molar-refractivity contribution in [1.29, 1.82) is 0 Å². The number of urea groups is 1. The number of carbonyl (C=O) groups is 6. The Morgan fingerprint density at radius 2 is 1.29 bits per heavy atom. The maximum Gasteiger partial charge on any atom is 0.315 e. The van der Waals surface area contributed by atoms with Crippen LogP contribution in [-0.2, 0) is 28.7 Å². The maximum atomic E-state index is 14.3. The van der Waals surface area contributed by atoms with Gasteiger partial charge in [-0.05, 0) is 69.0 Å². The van der Waals surface area contributed by atoms with E-state index >= 15 is 0 Å². The zero-order chi connectivity index (χ0) is 68.0. The predicted octanol–water partition coefficient (Wildman–Crippen LogP) is 10.1. The van der Waals surface area contributed by atoms with Gasteiger partial charge in [-0.3, -0.25) is 24.0 Å². The monoisotopic (exact) mass is 1380 g/mol. The Kier molecular flexibility index (Phi) is 44.5. The minimum absolute atomic E-state index is 0.0516. The van der Waals surface area contributed by atoms with Gasteiger partial charge in [-0.25, -0.2) is 4.79 Å². The van der Waals surface area contributed by atoms with Crippen molar-refractivity contribution in [2.45, 2.75) is 298 Å². The van der Waals surface area contributed by atoms with Crippen LogP contribution in [0.25, 0.3) is 10.4 Å². The highest BCUT2D eigenvalue weighted by atomic mass is 33.1. The average Bonchev–Trinajstić information content (AvgIpc) is 1.69. The number of azide groups is 1. The summed E-state index contributed by atoms with van der Waals surface area (Å²) in [5.74, 6) is -0.0309. The highest BCUT2D eigenvalue weighted by molar-refractivity contribution is 8.76. The number of unbranched alkanes of at least 4 members (excludes halogenated alkanes) is 24. The number of allylic oxidation sites excluding steroid dienone is 1. The molecule has 3 saturated heterocycles. The molecular formula is C68H116N10O13S3. The van der Waals surface area contributed by atoms with Gasteiger partial charge in [-0.2, -0.15) is 11.8 Å². The highest BCUT2D eigenvalue weighted by Gasteiger charge is 2.45. The molecule has 0 bridgehead atoms. The summed E-state index contributed by atoms with van der Waals surface area (Å²) in [7, 11) is 2.89. The van der Waals surface area contributed by atoms with E-state index in [0.29, 0.717) is 73.9 Å². The normalized spacial score (nSPS) is 21.3. The fourth-order valence-corrected chi connectivity index (χ4v) is 15.3. The largest absolute Gasteiger partial charge is 0.394 e. The van der Waals surface area contributed by atoms with Gasteiger partial charge in [0.2, 0.25) is 23.6 Å². The number of aliphatic hydroxyl groups is 5. The second-order valence-electron chi connectivity index (χ2n) is 25.3. The Morgan fingerprint density at radius 3 is 1.91 bits per heavy atom. The fraction of sp³-hybridized carbons (Fsp3) is 0.794. The van der Waals surface area contributed by atoms with Gasteiger partial charge in [0.15, 0.2) is 6.29 Å². The number of nitrogens with zero attached hydrogens (tertiary/aromatic N) is 3. The molecule has 0 saturated carbocycles. The molecule has 3 heterocycles. The Balaban J connectivity index is 1.28. The van der Waals surface area contributed by atoms with Crippen LogP contribution in [0.1, 0.15) is 236 Å². The molecule has 0 radical (unpaired) electrons. The summed E-state index contributed by atoms with van der Waals surface area (Å²) in [5.41, 5.74) is 9.43. The van der Waals surface area contributed by atoms with Gasteiger partial charge in [-0.1, -0.05) is 213 Å². The molecule has 7 amide bonds. The third-order valence-electron chi connectivity index (χ3n) is 17.5. The number of aliphatic hydroxyl groups excluding tert-OH is 5. The summed E-state index contributed by atoms with van der Waals surface area (Å²) in [4.78, 5) is 82.2. The Hall–Kier alpha value is -4.34. The molecule has 0 aliphatic carbocycles. The summed E-state index contributed by atoms with van der Waals surface area (Å²) in [6.07, 6.45) is 26.7. The molecule has 0 aromatic heterocycles. The number of amides is 7. The topological polar surface area (TPSA) is 355 Å². The molecule has 3 aliphatic rings. The first kappa shape index (κ1) is 82.1. The number of ether oxygens (including phenoxy) is 2. The van der Waals surface area contributed by atoms with E-state index < -0.39 is 73.4 Å². The summed E-state index contributed by atoms with van der Waals surface area (Å²) in [6, 6.07) is 3.30. The first-order valence-corrected chi connectivity index (χ1v) is 39.0. The molecule has 4 rings (SSSR count). The molecule has 94 heavy (non-hydrogen) atoms. The minimum Gasteiger partial charge on any atom is -0.394 e. The molecule has 12 atom stereocenters. The first-order chi connectivity index (χ1) is 45.7. The lowest BCUT2D eigenvalue weighted by Crippen LogP contribution is -2.60. The fourth-order valence-electron chi connectivity index (χ4n) is 11.8. The number of benzene rings is 1. The van der Waals surface area contributed by atoms with Crippen molar-refractivity contribution < 1.29 is 63.8 Å². The number of hydrogen-bond acceptors (Lipinski definition) is 17. The van der Waals surface area contributed by atoms with Gasteiger partial charge in [0, 0.05) is 64.6 Å². The lowest BCUT2D eigenvalue weighted by atomic mass is 9.99. The van der Waals surface area contributed by atoms with Crippen LogP contribution in [0, 0.1) is 0 Å². The predicted molar refractivity (Wildman–Crippen MR) is 375 cm³/mol. The summed E-state index contributed by atoms with van der Waals surface area (Å²) >= 11 is 1.85. The van der Waals surface area contributed by atoms with Gasteiger partial charge in [0.05, 0.1) is 37.4 Å². The number of thioether (sulfide) groups is 1. The number of hydrogen-bond donors (Lipinski definition) is 12. The number of nitrogens with one attached hydrogen (secondary N) is 7. The molecule has 3 fully saturated rings. The van der Waals surface area contributed by atoms with Crippen molar-refractivity contribution >= 4 is 74.6 Å². The van der Waals surface area contributed by atoms with Crippen LogP contribution < -0.4 is 37.2 Å². The van der Waals surface area contributed by atoms with Crippen LogP contribution in [-0.4, -0.2) is 177 Å². The van der Waals surface area contributed by atoms with Gasteiger partial charge in [0.1, 0.15) is 36.5 Å². The van der Waals surface area contributed by atoms with Crippen LogP contribution in [0.15, 0.2) is 41.5 Å². The lowest BCUT2D eigenvalue weighted by molar-refractivity contribution is -0.302. The second kappa shape index (κ2) is 50.9. The zero-order valence-corrected chi connectivity index (χ0v) is 58.7. The van der Waals surface area contributed by atoms with Crippen LogP contribution in [0.2, 0.25) is 0 Å². The van der Waals surface area contributed by atoms with E-state index in [1.54, 1.807) is 6.08 Å². The standard InChI is InChI=1S/C68H116N10O13S3/c1-3-5-7-9-11-13-15-17-19-21-23-25-27-34-55(80)53(47-90-67-63(85)62(84)61(83)56(46-79)91-67)74-66(88)52(32-26-24-22-20-18-16-14-12-10-8-6-4-2)72-59(82)41-44-93-94-45-43-71-65(87)51(73-64(86)49-37-39-50(40-38-49)77-78-69)33-30-31-42-70-58(81)36-29-28-35-57-60-54(48-92-57)75-68(89)76-60/h27,34,37-40,51-57,60-63,67,79-80,83-85H,3-26,28-33,35-36,41-48H2,1-2H3,(H,70,81)(H,71,87)(H,72,82)(H,73,86)(H,74,88)(H2,75,76,89)/b34-27+/t51?,52-,53?,54+,55?,56-,57+,60+,61-,62+,63-,67-/m1/s1. The van der Waals surface area contributed by atoms with E-state index in [4.69, 9.17) is 15.0 Å². The highest BCUT2D eigenvalue weighted by Crippen LogP contribution is 2.33. The van der Waals surface area contributed by atoms with Crippen LogP contribution in [0.3, 0.4) is 0 Å². The molecule has 26 heteroatoms. The second-order valence-corrected chi connectivity index (χ2v) is 29.3. The van der Waals surface area contributed by atoms with Gasteiger partial charge in [-0.15, -0.1) is 0 Å². The van der Waals surface area contributed by atoms with Crippen LogP contribution in [0.4, 0.5) is 10.5 Å². The van der Waals surface area contributed by atoms with Crippen molar-refractivity contribution in [1.82, 2.24) is 37.2 Å². The van der Waals surface area contributed by atoms with Gasteiger partial charge < -0.3 is 72.2 Å². The minimum atomic E-state index is -1.69. The van der Waals surface area contributed by atoms with E-state index in [2.05, 4.69) is 61.1 Å². The van der Waals surface area contributed by atoms with E-state index in [1.807, 2.05) is 17.8 Å². The molecule has 1 aromatic rings. The van der Waals surface area contributed by atoms with Crippen molar-refractivity contribution in [2.75, 3.05) is 43.6 Å². The average molecular weight is 1380 g/mol. The van der Waals surface area contributed by atoms with Gasteiger partial charge in [0.25, 0.3) is 5.91 Å². The number of rotatable bonds is 55. The van der Waals surface area contributed by atoms with Crippen LogP contribution in [0.5, 0.6) is 0 Å². The zero-order valence-electron chi connectivity index (χ0n) is 56.2. The van der Waals surface area contributed by atoms with Gasteiger partial charge >= 0.3 is 6.03 Å². The quantitative estimate of drug-likeness (QED) is 0.00549. The van der Waals surface area contributed by atoms with Crippen molar-refractivity contribution in [3.63, 3.8) is 0 Å². The molecule has 0 spiro atoms. The van der Waals surface area contributed by atoms with E-state index in [1.165, 1.54) is 142 Å². The summed E-state index contributed by atoms with van der Waals surface area (Å²) < 4.78 is 11.5. The lowest BCUT2D eigenvalue weighted by Gasteiger charge is -2.40. The molecular weight excluding hydrogens is 1260 g/mol. The maximum absolute atomic E-state index is 14.3. The van der Waals surface area contributed by atoms with Crippen molar-refractivity contribution in [3.05, 3.63) is 52.4 Å². The smallest absolute Gasteiger partial charge is 0.315 e. The SMILES string of the molecule is CCCCCCCCCCCCC/C=C/C(O)C(CO[C@@H]1O[C@H](CO)[C@@H](O)[C@H](O)[C@H]1O)NC(=O)[C@@H](CCCCCCCCCCCCCC)NC(=O)CCSSCCNC(=O)C(CCCCNC(=O)CCCC[C@@H]1SC[C@@H]2NC(=O)N[C@@H]21)NC(=O)c1ccc(N=[N+]=[N-])cc1. The molecule has 534 valence electrons. The molecule has 1 aromatic carbocycles. The third-order valence-corrected chi connectivity index (χ3v) is 21.5. The summed E-state index contributed by atoms with van der Waals surface area (Å²) in [6.45, 7) is 4.08. The number of carbonyl (C=O) groups excluding carboxylic acids is 6. The Labute approximate surface area is 571 Å². The molecule has 3 aliphatic heterocycles. The van der Waals surface area contributed by atoms with Crippen LogP contribution >= 0.6 is 33.3 Å². The summed E-state index contributed by atoms with van der Waals surface area (Å²) in [5, 5.41) is 77.5. The molecule has 12 N–H and O–H groups in total. The molecule has 23 nitrogen and oxygen atoms in total. The van der Waals surface area contributed by atoms with E-state index in [0.717, 1.165) is 70.0 Å². The van der Waals surface area contributed by atoms with Crippen molar-refractivity contribution in [2.24, 2.45) is 5.11 Å². The molecule has 3 unspecified atom stereocenters. The van der Waals surface area contributed by atoms with E-state index in [-0.39, 0.29) is 61.0 Å². The van der Waals surface area contributed by atoms with E-state index in [9.17, 15) is 54.3 Å². The van der Waals surface area contributed by atoms with Crippen molar-refractivity contribution in [3.8, 4) is 0 Å². The third kappa shape index (κ3) is 34.2. The Morgan fingerprint density at radius 1 is 0.691 bits per heavy atom.